The Morgan fingerprint density at radius 3 is 2.93 bits per heavy atom. The van der Waals surface area contributed by atoms with Gasteiger partial charge in [-0.05, 0) is 12.1 Å². The predicted octanol–water partition coefficient (Wildman–Crippen LogP) is 0.926. The van der Waals surface area contributed by atoms with Crippen LogP contribution in [0.4, 0.5) is 5.69 Å². The smallest absolute Gasteiger partial charge is 0.112 e. The van der Waals surface area contributed by atoms with Gasteiger partial charge in [-0.2, -0.15) is 10.4 Å². The average Bonchev–Trinajstić information content (AvgIpc) is 2.70. The third-order valence-electron chi connectivity index (χ3n) is 1.84. The van der Waals surface area contributed by atoms with Crippen molar-refractivity contribution in [2.75, 3.05) is 5.73 Å². The fraction of sp³-hybridized carbons (Fsp3) is 0. The van der Waals surface area contributed by atoms with Crippen molar-refractivity contribution in [1.29, 1.82) is 5.26 Å². The number of nitrogens with one attached hydrogen (secondary N) is 1. The van der Waals surface area contributed by atoms with Crippen LogP contribution < -0.4 is 5.73 Å². The van der Waals surface area contributed by atoms with Crippen LogP contribution in [-0.2, 0) is 0 Å². The van der Waals surface area contributed by atoms with Crippen molar-refractivity contribution in [3.05, 3.63) is 30.1 Å². The molecule has 0 aromatic carbocycles. The Hall–Kier alpha value is -2.35. The lowest BCUT2D eigenvalue weighted by molar-refractivity contribution is 1.08. The Bertz CT molecular complexity index is 480. The fourth-order valence-corrected chi connectivity index (χ4v) is 1.18. The highest BCUT2D eigenvalue weighted by Crippen LogP contribution is 2.22. The molecule has 0 amide bonds. The van der Waals surface area contributed by atoms with E-state index in [9.17, 15) is 0 Å². The molecule has 0 saturated carbocycles. The lowest BCUT2D eigenvalue weighted by Crippen LogP contribution is -1.96. The molecule has 2 rings (SSSR count). The van der Waals surface area contributed by atoms with Crippen LogP contribution >= 0.6 is 0 Å². The van der Waals surface area contributed by atoms with Crippen molar-refractivity contribution in [1.82, 2.24) is 15.2 Å². The molecule has 0 unspecified atom stereocenters. The summed E-state index contributed by atoms with van der Waals surface area (Å²) in [5.41, 5.74) is 7.54. The molecule has 5 nitrogen and oxygen atoms in total. The van der Waals surface area contributed by atoms with E-state index in [4.69, 9.17) is 11.0 Å². The minimum atomic E-state index is 0.361. The van der Waals surface area contributed by atoms with Crippen LogP contribution in [0.25, 0.3) is 11.4 Å². The van der Waals surface area contributed by atoms with Crippen molar-refractivity contribution in [2.24, 2.45) is 0 Å². The molecule has 0 aliphatic rings. The van der Waals surface area contributed by atoms with E-state index in [0.717, 1.165) is 0 Å². The summed E-state index contributed by atoms with van der Waals surface area (Å²) in [6, 6.07) is 5.34. The highest BCUT2D eigenvalue weighted by molar-refractivity contribution is 5.70. The van der Waals surface area contributed by atoms with Gasteiger partial charge in [0.05, 0.1) is 5.69 Å². The second-order valence-electron chi connectivity index (χ2n) is 2.70. The Kier molecular flexibility index (Phi) is 1.88. The summed E-state index contributed by atoms with van der Waals surface area (Å²) in [5.74, 6) is 0. The largest absolute Gasteiger partial charge is 0.398 e. The SMILES string of the molecule is N#Cc1c(N)ccnc1-c1cc[nH]n1. The second kappa shape index (κ2) is 3.18. The molecule has 0 bridgehead atoms. The van der Waals surface area contributed by atoms with E-state index in [0.29, 0.717) is 22.6 Å². The molecule has 2 aromatic heterocycles. The molecule has 14 heavy (non-hydrogen) atoms. The predicted molar refractivity (Wildman–Crippen MR) is 50.9 cm³/mol. The van der Waals surface area contributed by atoms with Gasteiger partial charge in [0.1, 0.15) is 23.0 Å². The van der Waals surface area contributed by atoms with Crippen LogP contribution in [0.3, 0.4) is 0 Å². The van der Waals surface area contributed by atoms with Crippen LogP contribution in [0.5, 0.6) is 0 Å². The van der Waals surface area contributed by atoms with Crippen LogP contribution in [0.1, 0.15) is 5.56 Å². The van der Waals surface area contributed by atoms with Crippen LogP contribution in [-0.4, -0.2) is 15.2 Å². The Balaban J connectivity index is 2.66. The van der Waals surface area contributed by atoms with E-state index in [1.807, 2.05) is 6.07 Å². The number of nitriles is 1. The second-order valence-corrected chi connectivity index (χ2v) is 2.70. The number of anilines is 1. The van der Waals surface area contributed by atoms with Crippen molar-refractivity contribution < 1.29 is 0 Å². The highest BCUT2D eigenvalue weighted by atomic mass is 15.1. The molecular formula is C9H7N5. The first-order valence-electron chi connectivity index (χ1n) is 3.97. The highest BCUT2D eigenvalue weighted by Gasteiger charge is 2.10. The average molecular weight is 185 g/mol. The molecule has 0 saturated heterocycles. The molecule has 0 aliphatic heterocycles. The minimum absolute atomic E-state index is 0.361. The summed E-state index contributed by atoms with van der Waals surface area (Å²) in [6.07, 6.45) is 3.22. The molecule has 0 spiro atoms. The third-order valence-corrected chi connectivity index (χ3v) is 1.84. The number of H-pyrrole nitrogens is 1. The van der Waals surface area contributed by atoms with Gasteiger partial charge in [-0.15, -0.1) is 0 Å². The van der Waals surface area contributed by atoms with E-state index < -0.39 is 0 Å². The van der Waals surface area contributed by atoms with Gasteiger partial charge in [-0.1, -0.05) is 0 Å². The molecule has 0 fully saturated rings. The van der Waals surface area contributed by atoms with Gasteiger partial charge < -0.3 is 5.73 Å². The van der Waals surface area contributed by atoms with Gasteiger partial charge in [-0.25, -0.2) is 0 Å². The molecule has 0 aliphatic carbocycles. The number of aromatic nitrogens is 3. The summed E-state index contributed by atoms with van der Waals surface area (Å²) in [7, 11) is 0. The summed E-state index contributed by atoms with van der Waals surface area (Å²) in [5, 5.41) is 15.5. The molecule has 0 radical (unpaired) electrons. The molecule has 5 heteroatoms. The number of aromatic amines is 1. The number of rotatable bonds is 1. The first-order valence-corrected chi connectivity index (χ1v) is 3.97. The Labute approximate surface area is 80.2 Å². The maximum absolute atomic E-state index is 8.89. The number of nitrogens with two attached hydrogens (primary N) is 1. The monoisotopic (exact) mass is 185 g/mol. The van der Waals surface area contributed by atoms with Crippen LogP contribution in [0.2, 0.25) is 0 Å². The molecule has 0 atom stereocenters. The van der Waals surface area contributed by atoms with Crippen molar-refractivity contribution in [2.45, 2.75) is 0 Å². The number of hydrogen-bond donors (Lipinski definition) is 2. The number of nitrogens with zero attached hydrogens (tertiary/aromatic N) is 3. The van der Waals surface area contributed by atoms with Gasteiger partial charge in [0.2, 0.25) is 0 Å². The van der Waals surface area contributed by atoms with Crippen LogP contribution in [0, 0.1) is 11.3 Å². The first-order chi connectivity index (χ1) is 6.83. The zero-order valence-corrected chi connectivity index (χ0v) is 7.23. The Morgan fingerprint density at radius 1 is 1.43 bits per heavy atom. The zero-order chi connectivity index (χ0) is 9.97. The molecular weight excluding hydrogens is 178 g/mol. The van der Waals surface area contributed by atoms with E-state index >= 15 is 0 Å². The maximum Gasteiger partial charge on any atom is 0.112 e. The van der Waals surface area contributed by atoms with E-state index in [-0.39, 0.29) is 0 Å². The van der Waals surface area contributed by atoms with Crippen molar-refractivity contribution in [3.8, 4) is 17.5 Å². The molecule has 3 N–H and O–H groups in total. The zero-order valence-electron chi connectivity index (χ0n) is 7.23. The third kappa shape index (κ3) is 1.19. The number of hydrogen-bond acceptors (Lipinski definition) is 4. The molecule has 68 valence electrons. The summed E-state index contributed by atoms with van der Waals surface area (Å²) < 4.78 is 0. The van der Waals surface area contributed by atoms with Gasteiger partial charge in [0.25, 0.3) is 0 Å². The van der Waals surface area contributed by atoms with Crippen LogP contribution in [0.15, 0.2) is 24.5 Å². The van der Waals surface area contributed by atoms with Crippen molar-refractivity contribution in [3.63, 3.8) is 0 Å². The van der Waals surface area contributed by atoms with Gasteiger partial charge in [0, 0.05) is 12.4 Å². The van der Waals surface area contributed by atoms with Gasteiger partial charge >= 0.3 is 0 Å². The Morgan fingerprint density at radius 2 is 2.29 bits per heavy atom. The number of nitrogen functional groups attached to an aromatic ring is 1. The summed E-state index contributed by atoms with van der Waals surface area (Å²) in [6.45, 7) is 0. The normalized spacial score (nSPS) is 9.64. The lowest BCUT2D eigenvalue weighted by Gasteiger charge is -2.01. The topological polar surface area (TPSA) is 91.4 Å². The lowest BCUT2D eigenvalue weighted by atomic mass is 10.1. The van der Waals surface area contributed by atoms with E-state index in [1.54, 1.807) is 24.5 Å². The first kappa shape index (κ1) is 8.26. The minimum Gasteiger partial charge on any atom is -0.398 e. The van der Waals surface area contributed by atoms with Gasteiger partial charge in [0.15, 0.2) is 0 Å². The molecule has 2 aromatic rings. The summed E-state index contributed by atoms with van der Waals surface area (Å²) in [4.78, 5) is 4.07. The van der Waals surface area contributed by atoms with E-state index in [2.05, 4.69) is 15.2 Å². The van der Waals surface area contributed by atoms with E-state index in [1.165, 1.54) is 0 Å². The fourth-order valence-electron chi connectivity index (χ4n) is 1.18. The maximum atomic E-state index is 8.89. The van der Waals surface area contributed by atoms with Gasteiger partial charge in [-0.3, -0.25) is 10.1 Å². The standard InChI is InChI=1S/C9H7N5/c10-5-6-7(11)1-3-12-9(6)8-2-4-13-14-8/h1-4H,(H2,11,12)(H,13,14). The molecule has 2 heterocycles. The van der Waals surface area contributed by atoms with Crippen molar-refractivity contribution >= 4 is 5.69 Å². The number of pyridine rings is 1. The summed E-state index contributed by atoms with van der Waals surface area (Å²) >= 11 is 0. The quantitative estimate of drug-likeness (QED) is 0.691.